The number of carbonyl (C=O) groups excluding carboxylic acids is 1. The second-order valence-electron chi connectivity index (χ2n) is 6.60. The number of nitrogens with zero attached hydrogens (tertiary/aromatic N) is 4. The zero-order valence-electron chi connectivity index (χ0n) is 17.3. The summed E-state index contributed by atoms with van der Waals surface area (Å²) in [7, 11) is 3.01. The van der Waals surface area contributed by atoms with Gasteiger partial charge in [-0.15, -0.1) is 0 Å². The van der Waals surface area contributed by atoms with E-state index in [0.717, 1.165) is 10.6 Å². The first-order valence-corrected chi connectivity index (χ1v) is 9.38. The van der Waals surface area contributed by atoms with Gasteiger partial charge in [-0.1, -0.05) is 5.16 Å². The van der Waals surface area contributed by atoms with E-state index >= 15 is 0 Å². The Labute approximate surface area is 184 Å². The van der Waals surface area contributed by atoms with Crippen LogP contribution in [0, 0.1) is 10.1 Å². The molecule has 33 heavy (non-hydrogen) atoms. The summed E-state index contributed by atoms with van der Waals surface area (Å²) in [5.74, 6) is -0.334. The minimum absolute atomic E-state index is 0.0167. The number of nitro benzene ring substituents is 1. The highest BCUT2D eigenvalue weighted by Gasteiger charge is 2.19. The molecule has 13 heteroatoms. The Bertz CT molecular complexity index is 1400. The SMILES string of the molecule is COc1ccc(-c2noc(COC(=O)Cn3c(=O)oc4cc([N+](=O)[O-])ccc43)n2)c(OC)c1. The first-order chi connectivity index (χ1) is 15.9. The number of fused-ring (bicyclic) bond motifs is 1. The summed E-state index contributed by atoms with van der Waals surface area (Å²) in [5, 5.41) is 14.7. The summed E-state index contributed by atoms with van der Waals surface area (Å²) in [4.78, 5) is 38.7. The smallest absolute Gasteiger partial charge is 0.420 e. The number of oxazole rings is 1. The van der Waals surface area contributed by atoms with Gasteiger partial charge in [0.05, 0.1) is 36.3 Å². The Morgan fingerprint density at radius 2 is 2.00 bits per heavy atom. The second kappa shape index (κ2) is 8.82. The van der Waals surface area contributed by atoms with Crippen LogP contribution in [-0.2, 0) is 22.7 Å². The number of aromatic nitrogens is 3. The van der Waals surface area contributed by atoms with E-state index in [2.05, 4.69) is 10.1 Å². The third-order valence-corrected chi connectivity index (χ3v) is 4.62. The van der Waals surface area contributed by atoms with Crippen molar-refractivity contribution in [3.8, 4) is 22.9 Å². The Balaban J connectivity index is 1.44. The summed E-state index contributed by atoms with van der Waals surface area (Å²) < 4.78 is 26.7. The van der Waals surface area contributed by atoms with Gasteiger partial charge in [0.25, 0.3) is 11.6 Å². The molecule has 0 aliphatic rings. The predicted octanol–water partition coefficient (Wildman–Crippen LogP) is 2.31. The van der Waals surface area contributed by atoms with Crippen molar-refractivity contribution in [1.82, 2.24) is 14.7 Å². The largest absolute Gasteiger partial charge is 0.497 e. The van der Waals surface area contributed by atoms with Gasteiger partial charge in [0.2, 0.25) is 5.82 Å². The summed E-state index contributed by atoms with van der Waals surface area (Å²) >= 11 is 0. The van der Waals surface area contributed by atoms with Crippen molar-refractivity contribution in [1.29, 1.82) is 0 Å². The van der Waals surface area contributed by atoms with Gasteiger partial charge >= 0.3 is 11.7 Å². The summed E-state index contributed by atoms with van der Waals surface area (Å²) in [6.45, 7) is -0.808. The maximum Gasteiger partial charge on any atom is 0.420 e. The average Bonchev–Trinajstić information content (AvgIpc) is 3.41. The number of hydrogen-bond donors (Lipinski definition) is 0. The third-order valence-electron chi connectivity index (χ3n) is 4.62. The van der Waals surface area contributed by atoms with E-state index in [9.17, 15) is 19.7 Å². The first kappa shape index (κ1) is 21.5. The van der Waals surface area contributed by atoms with Crippen LogP contribution in [0.3, 0.4) is 0 Å². The van der Waals surface area contributed by atoms with Crippen LogP contribution in [0.4, 0.5) is 5.69 Å². The molecular formula is C20H16N4O9. The van der Waals surface area contributed by atoms with Gasteiger partial charge in [0.1, 0.15) is 18.0 Å². The molecule has 2 aromatic carbocycles. The van der Waals surface area contributed by atoms with E-state index in [1.807, 2.05) is 0 Å². The molecule has 4 aromatic rings. The minimum Gasteiger partial charge on any atom is -0.497 e. The Morgan fingerprint density at radius 3 is 2.73 bits per heavy atom. The lowest BCUT2D eigenvalue weighted by Gasteiger charge is -2.07. The van der Waals surface area contributed by atoms with Gasteiger partial charge in [-0.3, -0.25) is 19.5 Å². The van der Waals surface area contributed by atoms with Gasteiger partial charge < -0.3 is 23.2 Å². The molecule has 0 radical (unpaired) electrons. The van der Waals surface area contributed by atoms with Crippen LogP contribution in [0.5, 0.6) is 11.5 Å². The van der Waals surface area contributed by atoms with Crippen LogP contribution in [0.15, 0.2) is 50.1 Å². The minimum atomic E-state index is -0.853. The van der Waals surface area contributed by atoms with Gasteiger partial charge in [0, 0.05) is 12.1 Å². The van der Waals surface area contributed by atoms with E-state index < -0.39 is 23.2 Å². The van der Waals surface area contributed by atoms with Crippen LogP contribution in [0.2, 0.25) is 0 Å². The van der Waals surface area contributed by atoms with Crippen LogP contribution < -0.4 is 15.2 Å². The van der Waals surface area contributed by atoms with Crippen LogP contribution >= 0.6 is 0 Å². The Morgan fingerprint density at radius 1 is 1.18 bits per heavy atom. The zero-order chi connectivity index (χ0) is 23.5. The van der Waals surface area contributed by atoms with Crippen molar-refractivity contribution >= 4 is 22.8 Å². The van der Waals surface area contributed by atoms with Gasteiger partial charge in [-0.2, -0.15) is 4.98 Å². The van der Waals surface area contributed by atoms with Crippen molar-refractivity contribution in [2.75, 3.05) is 14.2 Å². The van der Waals surface area contributed by atoms with Crippen molar-refractivity contribution < 1.29 is 32.9 Å². The number of methoxy groups -OCH3 is 2. The van der Waals surface area contributed by atoms with Crippen molar-refractivity contribution in [2.45, 2.75) is 13.2 Å². The maximum absolute atomic E-state index is 12.2. The lowest BCUT2D eigenvalue weighted by atomic mass is 10.2. The molecule has 2 aromatic heterocycles. The molecule has 0 bridgehead atoms. The number of nitro groups is 1. The number of benzene rings is 2. The highest BCUT2D eigenvalue weighted by molar-refractivity contribution is 5.78. The summed E-state index contributed by atoms with van der Waals surface area (Å²) in [6, 6.07) is 8.68. The van der Waals surface area contributed by atoms with Crippen molar-refractivity contribution in [3.63, 3.8) is 0 Å². The highest BCUT2D eigenvalue weighted by Crippen LogP contribution is 2.31. The monoisotopic (exact) mass is 456 g/mol. The van der Waals surface area contributed by atoms with Crippen LogP contribution in [-0.4, -0.2) is 39.8 Å². The van der Waals surface area contributed by atoms with Crippen LogP contribution in [0.1, 0.15) is 5.89 Å². The average molecular weight is 456 g/mol. The van der Waals surface area contributed by atoms with E-state index in [4.69, 9.17) is 23.2 Å². The molecule has 170 valence electrons. The second-order valence-corrected chi connectivity index (χ2v) is 6.60. The molecule has 0 fully saturated rings. The summed E-state index contributed by atoms with van der Waals surface area (Å²) in [5.41, 5.74) is 0.503. The number of carbonyl (C=O) groups is 1. The van der Waals surface area contributed by atoms with E-state index in [1.54, 1.807) is 18.2 Å². The fraction of sp³-hybridized carbons (Fsp3) is 0.200. The lowest BCUT2D eigenvalue weighted by Crippen LogP contribution is -2.21. The van der Waals surface area contributed by atoms with Crippen molar-refractivity contribution in [2.24, 2.45) is 0 Å². The van der Waals surface area contributed by atoms with E-state index in [1.165, 1.54) is 26.4 Å². The highest BCUT2D eigenvalue weighted by atomic mass is 16.6. The van der Waals surface area contributed by atoms with Gasteiger partial charge in [0.15, 0.2) is 12.2 Å². The molecule has 0 amide bonds. The first-order valence-electron chi connectivity index (χ1n) is 9.38. The number of rotatable bonds is 8. The standard InChI is InChI=1S/C20H16N4O9/c1-29-12-4-5-13(15(8-12)30-2)19-21-17(33-22-19)10-31-18(25)9-23-14-6-3-11(24(27)28)7-16(14)32-20(23)26/h3-8H,9-10H2,1-2H3. The molecule has 0 spiro atoms. The summed E-state index contributed by atoms with van der Waals surface area (Å²) in [6.07, 6.45) is 0. The number of esters is 1. The van der Waals surface area contributed by atoms with Gasteiger partial charge in [-0.25, -0.2) is 4.79 Å². The Kier molecular flexibility index (Phi) is 5.76. The molecule has 0 saturated carbocycles. The maximum atomic E-state index is 12.2. The molecule has 0 aliphatic heterocycles. The molecule has 0 atom stereocenters. The number of ether oxygens (including phenoxy) is 3. The number of hydrogen-bond acceptors (Lipinski definition) is 11. The van der Waals surface area contributed by atoms with Crippen LogP contribution in [0.25, 0.3) is 22.5 Å². The molecule has 0 unspecified atom stereocenters. The molecule has 0 N–H and O–H groups in total. The Hall–Kier alpha value is -4.68. The molecule has 2 heterocycles. The molecular weight excluding hydrogens is 440 g/mol. The fourth-order valence-corrected chi connectivity index (χ4v) is 3.04. The van der Waals surface area contributed by atoms with Crippen molar-refractivity contribution in [3.05, 3.63) is 63.0 Å². The van der Waals surface area contributed by atoms with E-state index in [0.29, 0.717) is 17.1 Å². The molecule has 13 nitrogen and oxygen atoms in total. The van der Waals surface area contributed by atoms with E-state index in [-0.39, 0.29) is 35.1 Å². The zero-order valence-corrected chi connectivity index (χ0v) is 17.3. The van der Waals surface area contributed by atoms with Gasteiger partial charge in [-0.05, 0) is 18.2 Å². The third kappa shape index (κ3) is 4.37. The lowest BCUT2D eigenvalue weighted by molar-refractivity contribution is -0.384. The topological polar surface area (TPSA) is 162 Å². The predicted molar refractivity (Wildman–Crippen MR) is 110 cm³/mol. The molecule has 0 saturated heterocycles. The molecule has 4 rings (SSSR count). The normalized spacial score (nSPS) is 10.8. The quantitative estimate of drug-likeness (QED) is 0.217. The molecule has 0 aliphatic carbocycles. The fourth-order valence-electron chi connectivity index (χ4n) is 3.04. The number of non-ortho nitro benzene ring substituents is 1.